The van der Waals surface area contributed by atoms with Gasteiger partial charge in [-0.05, 0) is 38.1 Å². The molecule has 1 amide bonds. The third kappa shape index (κ3) is 6.21. The van der Waals surface area contributed by atoms with Gasteiger partial charge in [-0.15, -0.1) is 16.8 Å². The topological polar surface area (TPSA) is 102 Å². The number of hydrogen-bond acceptors (Lipinski definition) is 7. The third-order valence-electron chi connectivity index (χ3n) is 4.48. The van der Waals surface area contributed by atoms with Crippen molar-refractivity contribution in [2.75, 3.05) is 5.32 Å². The molecule has 9 nitrogen and oxygen atoms in total. The van der Waals surface area contributed by atoms with Gasteiger partial charge in [0, 0.05) is 36.1 Å². The lowest BCUT2D eigenvalue weighted by Gasteiger charge is -2.12. The number of carbonyl (C=O) groups excluding carboxylic acids is 1. The Kier molecular flexibility index (Phi) is 8.07. The molecule has 0 fully saturated rings. The van der Waals surface area contributed by atoms with Gasteiger partial charge >= 0.3 is 0 Å². The number of benzene rings is 1. The minimum atomic E-state index is -0.424. The summed E-state index contributed by atoms with van der Waals surface area (Å²) >= 11 is 7.24. The highest BCUT2D eigenvalue weighted by Gasteiger charge is 2.19. The van der Waals surface area contributed by atoms with Crippen molar-refractivity contribution < 1.29 is 4.79 Å². The second-order valence-corrected chi connectivity index (χ2v) is 8.74. The Morgan fingerprint density at radius 2 is 2.09 bits per heavy atom. The van der Waals surface area contributed by atoms with Gasteiger partial charge in [0.25, 0.3) is 5.91 Å². The lowest BCUT2D eigenvalue weighted by molar-refractivity contribution is -0.120. The van der Waals surface area contributed by atoms with Crippen LogP contribution in [-0.4, -0.2) is 41.9 Å². The van der Waals surface area contributed by atoms with E-state index in [2.05, 4.69) is 37.7 Å². The van der Waals surface area contributed by atoms with E-state index in [9.17, 15) is 4.79 Å². The van der Waals surface area contributed by atoms with E-state index in [0.29, 0.717) is 23.3 Å². The van der Waals surface area contributed by atoms with Crippen LogP contribution in [0.1, 0.15) is 24.0 Å². The molecule has 3 rings (SSSR count). The van der Waals surface area contributed by atoms with Crippen LogP contribution in [0.3, 0.4) is 0 Å². The fourth-order valence-electron chi connectivity index (χ4n) is 2.81. The van der Waals surface area contributed by atoms with Gasteiger partial charge in [0.15, 0.2) is 11.0 Å². The molecule has 3 aromatic rings. The van der Waals surface area contributed by atoms with Crippen molar-refractivity contribution in [3.63, 3.8) is 0 Å². The molecule has 0 bridgehead atoms. The van der Waals surface area contributed by atoms with Gasteiger partial charge in [-0.1, -0.05) is 29.4 Å². The summed E-state index contributed by atoms with van der Waals surface area (Å²) in [6.07, 6.45) is 5.18. The first kappa shape index (κ1) is 23.6. The minimum absolute atomic E-state index is 0.234. The number of hydrazone groups is 1. The Labute approximate surface area is 195 Å². The summed E-state index contributed by atoms with van der Waals surface area (Å²) in [6, 6.07) is 7.42. The molecular formula is C21H25ClN8OS. The quantitative estimate of drug-likeness (QED) is 0.203. The number of thioether (sulfide) groups is 1. The van der Waals surface area contributed by atoms with Crippen molar-refractivity contribution in [3.05, 3.63) is 65.2 Å². The van der Waals surface area contributed by atoms with Crippen LogP contribution in [0.15, 0.2) is 53.4 Å². The number of amides is 1. The molecule has 0 radical (unpaired) electrons. The highest BCUT2D eigenvalue weighted by molar-refractivity contribution is 8.00. The fourth-order valence-corrected chi connectivity index (χ4v) is 3.81. The van der Waals surface area contributed by atoms with E-state index in [-0.39, 0.29) is 5.91 Å². The number of rotatable bonds is 10. The first-order valence-electron chi connectivity index (χ1n) is 9.89. The second kappa shape index (κ2) is 11.0. The highest BCUT2D eigenvalue weighted by atomic mass is 35.5. The molecule has 0 aliphatic rings. The predicted octanol–water partition coefficient (Wildman–Crippen LogP) is 3.40. The number of carbonyl (C=O) groups is 1. The number of hydrogen-bond donors (Lipinski definition) is 2. The maximum absolute atomic E-state index is 12.5. The van der Waals surface area contributed by atoms with Crippen LogP contribution in [-0.2, 0) is 24.9 Å². The molecule has 0 spiro atoms. The van der Waals surface area contributed by atoms with E-state index in [0.717, 1.165) is 22.8 Å². The van der Waals surface area contributed by atoms with Crippen LogP contribution < -0.4 is 10.7 Å². The molecule has 1 aromatic carbocycles. The zero-order chi connectivity index (χ0) is 23.1. The number of halogens is 1. The predicted molar refractivity (Wildman–Crippen MR) is 128 cm³/mol. The average molecular weight is 473 g/mol. The number of aryl methyl sites for hydroxylation is 2. The van der Waals surface area contributed by atoms with Gasteiger partial charge in [-0.2, -0.15) is 10.2 Å². The van der Waals surface area contributed by atoms with Gasteiger partial charge in [0.2, 0.25) is 0 Å². The lowest BCUT2D eigenvalue weighted by Crippen LogP contribution is -2.27. The lowest BCUT2D eigenvalue weighted by atomic mass is 10.3. The highest BCUT2D eigenvalue weighted by Crippen LogP contribution is 2.23. The summed E-state index contributed by atoms with van der Waals surface area (Å²) in [5.41, 5.74) is 5.17. The van der Waals surface area contributed by atoms with Crippen molar-refractivity contribution in [3.8, 4) is 0 Å². The van der Waals surface area contributed by atoms with E-state index in [1.807, 2.05) is 49.0 Å². The molecule has 0 aliphatic carbocycles. The van der Waals surface area contributed by atoms with Crippen molar-refractivity contribution in [1.82, 2.24) is 30.0 Å². The van der Waals surface area contributed by atoms with E-state index >= 15 is 0 Å². The van der Waals surface area contributed by atoms with E-state index in [1.54, 1.807) is 23.9 Å². The molecule has 2 N–H and O–H groups in total. The van der Waals surface area contributed by atoms with Crippen LogP contribution in [0.2, 0.25) is 5.02 Å². The first-order chi connectivity index (χ1) is 15.4. The largest absolute Gasteiger partial charge is 0.378 e. The Balaban J connectivity index is 1.61. The normalized spacial score (nSPS) is 12.1. The van der Waals surface area contributed by atoms with Gasteiger partial charge < -0.3 is 9.88 Å². The summed E-state index contributed by atoms with van der Waals surface area (Å²) in [4.78, 5) is 12.5. The van der Waals surface area contributed by atoms with Crippen molar-refractivity contribution in [1.29, 1.82) is 0 Å². The van der Waals surface area contributed by atoms with Crippen molar-refractivity contribution in [2.45, 2.75) is 37.3 Å². The number of aromatic nitrogens is 5. The van der Waals surface area contributed by atoms with E-state index in [4.69, 9.17) is 11.6 Å². The summed E-state index contributed by atoms with van der Waals surface area (Å²) in [5, 5.41) is 21.0. The summed E-state index contributed by atoms with van der Waals surface area (Å²) < 4.78 is 3.62. The molecule has 1 atom stereocenters. The third-order valence-corrected chi connectivity index (χ3v) is 5.81. The van der Waals surface area contributed by atoms with Crippen molar-refractivity contribution in [2.24, 2.45) is 12.1 Å². The number of allylic oxidation sites excluding steroid dienone is 1. The molecule has 2 heterocycles. The van der Waals surface area contributed by atoms with Gasteiger partial charge in [-0.25, -0.2) is 5.43 Å². The molecule has 11 heteroatoms. The number of nitrogens with zero attached hydrogens (tertiary/aromatic N) is 6. The summed E-state index contributed by atoms with van der Waals surface area (Å²) in [7, 11) is 1.83. The standard InChI is InChI=1S/C21H25ClN8OS/c1-5-10-30-19(12-23-18-8-6-17(22)7-9-18)25-27-21(30)32-15(3)20(31)26-24-11-16-13-29(4)28-14(16)2/h5-9,11,13,15,23H,1,10,12H2,2-4H3,(H,26,31)/b24-11+. The SMILES string of the molecule is C=CCn1c(CNc2ccc(Cl)cc2)nnc1SC(C)C(=O)N/N=C/c1cn(C)nc1C. The minimum Gasteiger partial charge on any atom is -0.378 e. The fraction of sp³-hybridized carbons (Fsp3) is 0.286. The molecule has 2 aromatic heterocycles. The molecule has 168 valence electrons. The van der Waals surface area contributed by atoms with Crippen LogP contribution in [0.25, 0.3) is 0 Å². The molecular weight excluding hydrogens is 448 g/mol. The monoisotopic (exact) mass is 472 g/mol. The van der Waals surface area contributed by atoms with Crippen LogP contribution in [0.4, 0.5) is 5.69 Å². The maximum atomic E-state index is 12.5. The van der Waals surface area contributed by atoms with Crippen LogP contribution in [0, 0.1) is 6.92 Å². The Bertz CT molecular complexity index is 1110. The first-order valence-corrected chi connectivity index (χ1v) is 11.2. The van der Waals surface area contributed by atoms with E-state index < -0.39 is 5.25 Å². The van der Waals surface area contributed by atoms with Gasteiger partial charge in [0.05, 0.1) is 23.7 Å². The number of anilines is 1. The van der Waals surface area contributed by atoms with Crippen LogP contribution >= 0.6 is 23.4 Å². The smallest absolute Gasteiger partial charge is 0.253 e. The molecule has 0 aliphatic heterocycles. The van der Waals surface area contributed by atoms with Gasteiger partial charge in [-0.3, -0.25) is 9.48 Å². The Hall–Kier alpha value is -3.11. The average Bonchev–Trinajstić information content (AvgIpc) is 3.29. The second-order valence-electron chi connectivity index (χ2n) is 7.00. The number of nitrogens with one attached hydrogen (secondary N) is 2. The zero-order valence-corrected chi connectivity index (χ0v) is 19.7. The van der Waals surface area contributed by atoms with E-state index in [1.165, 1.54) is 11.8 Å². The Morgan fingerprint density at radius 3 is 2.75 bits per heavy atom. The Morgan fingerprint density at radius 1 is 1.34 bits per heavy atom. The summed E-state index contributed by atoms with van der Waals surface area (Å²) in [6.45, 7) is 8.49. The van der Waals surface area contributed by atoms with Crippen LogP contribution in [0.5, 0.6) is 0 Å². The molecule has 1 unspecified atom stereocenters. The zero-order valence-electron chi connectivity index (χ0n) is 18.1. The molecule has 0 saturated carbocycles. The molecule has 0 saturated heterocycles. The van der Waals surface area contributed by atoms with Gasteiger partial charge in [0.1, 0.15) is 0 Å². The molecule has 32 heavy (non-hydrogen) atoms. The van der Waals surface area contributed by atoms with Crippen molar-refractivity contribution >= 4 is 41.2 Å². The summed E-state index contributed by atoms with van der Waals surface area (Å²) in [5.74, 6) is 0.502. The maximum Gasteiger partial charge on any atom is 0.253 e.